The first kappa shape index (κ1) is 17.3. The fourth-order valence-electron chi connectivity index (χ4n) is 1.66. The monoisotopic (exact) mass is 352 g/mol. The molecule has 0 fully saturated rings. The van der Waals surface area contributed by atoms with Gasteiger partial charge in [0, 0.05) is 17.0 Å². The summed E-state index contributed by atoms with van der Waals surface area (Å²) < 4.78 is 6.23. The molecule has 122 valence electrons. The normalized spacial score (nSPS) is 11.1. The second-order valence-electron chi connectivity index (χ2n) is 5.60. The first-order valence-corrected chi connectivity index (χ1v) is 8.44. The van der Waals surface area contributed by atoms with Gasteiger partial charge in [-0.15, -0.1) is 11.3 Å². The van der Waals surface area contributed by atoms with E-state index in [1.165, 1.54) is 23.9 Å². The van der Waals surface area contributed by atoms with Crippen molar-refractivity contribution in [3.05, 3.63) is 45.8 Å². The Morgan fingerprint density at radius 3 is 2.65 bits per heavy atom. The summed E-state index contributed by atoms with van der Waals surface area (Å²) >= 11 is 2.98. The third-order valence-electron chi connectivity index (χ3n) is 2.52. The summed E-state index contributed by atoms with van der Waals surface area (Å²) in [5.74, 6) is 0. The quantitative estimate of drug-likeness (QED) is 0.607. The molecular formula is C15H16N2O4S2. The predicted molar refractivity (Wildman–Crippen MR) is 91.4 cm³/mol. The van der Waals surface area contributed by atoms with Gasteiger partial charge >= 0.3 is 6.09 Å². The lowest BCUT2D eigenvalue weighted by Gasteiger charge is -2.20. The molecule has 8 heteroatoms. The molecule has 0 aliphatic heterocycles. The van der Waals surface area contributed by atoms with Crippen molar-refractivity contribution in [3.8, 4) is 0 Å². The highest BCUT2D eigenvalue weighted by molar-refractivity contribution is 8.01. The Labute approximate surface area is 142 Å². The van der Waals surface area contributed by atoms with E-state index < -0.39 is 16.6 Å². The third-order valence-corrected chi connectivity index (χ3v) is 4.63. The van der Waals surface area contributed by atoms with Gasteiger partial charge in [0.2, 0.25) is 0 Å². The van der Waals surface area contributed by atoms with Gasteiger partial charge in [-0.2, -0.15) is 0 Å². The van der Waals surface area contributed by atoms with Gasteiger partial charge in [-0.25, -0.2) is 4.79 Å². The van der Waals surface area contributed by atoms with Gasteiger partial charge in [0.1, 0.15) is 5.60 Å². The highest BCUT2D eigenvalue weighted by atomic mass is 32.2. The van der Waals surface area contributed by atoms with Crippen LogP contribution in [0, 0.1) is 10.1 Å². The number of hydrogen-bond acceptors (Lipinski definition) is 6. The van der Waals surface area contributed by atoms with Crippen molar-refractivity contribution in [3.63, 3.8) is 0 Å². The number of thiophene rings is 1. The zero-order chi connectivity index (χ0) is 17.0. The van der Waals surface area contributed by atoms with Crippen LogP contribution in [0.3, 0.4) is 0 Å². The molecular weight excluding hydrogens is 336 g/mol. The molecule has 23 heavy (non-hydrogen) atoms. The van der Waals surface area contributed by atoms with Gasteiger partial charge in [0.05, 0.1) is 14.8 Å². The number of carbonyl (C=O) groups is 1. The zero-order valence-electron chi connectivity index (χ0n) is 12.9. The summed E-state index contributed by atoms with van der Waals surface area (Å²) in [4.78, 5) is 23.1. The van der Waals surface area contributed by atoms with Crippen molar-refractivity contribution in [1.29, 1.82) is 0 Å². The summed E-state index contributed by atoms with van der Waals surface area (Å²) in [6.07, 6.45) is -0.647. The topological polar surface area (TPSA) is 81.5 Å². The van der Waals surface area contributed by atoms with Crippen LogP contribution in [0.4, 0.5) is 16.2 Å². The molecule has 2 rings (SSSR count). The molecule has 0 aliphatic carbocycles. The summed E-state index contributed by atoms with van der Waals surface area (Å²) in [6.45, 7) is 5.25. The fourth-order valence-corrected chi connectivity index (χ4v) is 3.46. The highest BCUT2D eigenvalue weighted by Crippen LogP contribution is 2.37. The van der Waals surface area contributed by atoms with Crippen LogP contribution in [0.1, 0.15) is 20.8 Å². The summed E-state index contributed by atoms with van der Waals surface area (Å²) in [6, 6.07) is 8.22. The Bertz CT molecular complexity index is 709. The van der Waals surface area contributed by atoms with Crippen LogP contribution in [0.2, 0.25) is 0 Å². The lowest BCUT2D eigenvalue weighted by atomic mass is 10.2. The number of nitro benzene ring substituents is 1. The summed E-state index contributed by atoms with van der Waals surface area (Å²) in [5.41, 5.74) is -0.385. The molecule has 1 heterocycles. The largest absolute Gasteiger partial charge is 0.444 e. The van der Waals surface area contributed by atoms with Crippen LogP contribution in [0.15, 0.2) is 44.8 Å². The number of anilines is 1. The van der Waals surface area contributed by atoms with Crippen LogP contribution in [0.25, 0.3) is 0 Å². The van der Waals surface area contributed by atoms with E-state index in [0.717, 1.165) is 4.21 Å². The van der Waals surface area contributed by atoms with E-state index in [4.69, 9.17) is 4.74 Å². The second kappa shape index (κ2) is 7.01. The van der Waals surface area contributed by atoms with E-state index in [9.17, 15) is 14.9 Å². The smallest absolute Gasteiger partial charge is 0.412 e. The van der Waals surface area contributed by atoms with Crippen molar-refractivity contribution in [1.82, 2.24) is 0 Å². The SMILES string of the molecule is CC(C)(C)OC(=O)Nc1cc([N+](=O)[O-])ccc1Sc1cccs1. The van der Waals surface area contributed by atoms with Crippen LogP contribution < -0.4 is 5.32 Å². The Morgan fingerprint density at radius 2 is 2.09 bits per heavy atom. The molecule has 0 spiro atoms. The molecule has 1 amide bonds. The summed E-state index contributed by atoms with van der Waals surface area (Å²) in [5, 5.41) is 15.5. The molecule has 0 radical (unpaired) electrons. The highest BCUT2D eigenvalue weighted by Gasteiger charge is 2.19. The van der Waals surface area contributed by atoms with Crippen molar-refractivity contribution in [2.75, 3.05) is 5.32 Å². The fraction of sp³-hybridized carbons (Fsp3) is 0.267. The van der Waals surface area contributed by atoms with Gasteiger partial charge in [0.25, 0.3) is 5.69 Å². The number of hydrogen-bond donors (Lipinski definition) is 1. The molecule has 0 aliphatic rings. The molecule has 0 saturated carbocycles. The molecule has 0 bridgehead atoms. The average Bonchev–Trinajstić information content (AvgIpc) is 2.91. The molecule has 0 atom stereocenters. The molecule has 0 saturated heterocycles. The molecule has 1 N–H and O–H groups in total. The zero-order valence-corrected chi connectivity index (χ0v) is 14.5. The number of nitrogens with one attached hydrogen (secondary N) is 1. The van der Waals surface area contributed by atoms with Crippen molar-refractivity contribution < 1.29 is 14.5 Å². The van der Waals surface area contributed by atoms with Crippen LogP contribution >= 0.6 is 23.1 Å². The predicted octanol–water partition coefficient (Wildman–Crippen LogP) is 5.15. The molecule has 1 aromatic carbocycles. The lowest BCUT2D eigenvalue weighted by Crippen LogP contribution is -2.27. The van der Waals surface area contributed by atoms with E-state index in [2.05, 4.69) is 5.32 Å². The second-order valence-corrected chi connectivity index (χ2v) is 7.89. The minimum absolute atomic E-state index is 0.0911. The third kappa shape index (κ3) is 5.26. The van der Waals surface area contributed by atoms with Gasteiger partial charge in [0.15, 0.2) is 0 Å². The number of nitrogens with zero attached hydrogens (tertiary/aromatic N) is 1. The molecule has 2 aromatic rings. The first-order chi connectivity index (χ1) is 10.7. The van der Waals surface area contributed by atoms with Crippen molar-refractivity contribution in [2.45, 2.75) is 35.5 Å². The van der Waals surface area contributed by atoms with E-state index in [1.54, 1.807) is 38.2 Å². The number of rotatable bonds is 4. The summed E-state index contributed by atoms with van der Waals surface area (Å²) in [7, 11) is 0. The standard InChI is InChI=1S/C15H16N2O4S2/c1-15(2,3)21-14(18)16-11-9-10(17(19)20)6-7-12(11)23-13-5-4-8-22-13/h4-9H,1-3H3,(H,16,18). The molecule has 1 aromatic heterocycles. The van der Waals surface area contributed by atoms with Crippen LogP contribution in [-0.4, -0.2) is 16.6 Å². The number of nitro groups is 1. The number of benzene rings is 1. The number of carbonyl (C=O) groups excluding carboxylic acids is 1. The Morgan fingerprint density at radius 1 is 1.35 bits per heavy atom. The minimum Gasteiger partial charge on any atom is -0.444 e. The van der Waals surface area contributed by atoms with Crippen molar-refractivity contribution in [2.24, 2.45) is 0 Å². The van der Waals surface area contributed by atoms with E-state index in [0.29, 0.717) is 10.6 Å². The van der Waals surface area contributed by atoms with Gasteiger partial charge in [-0.05, 0) is 38.3 Å². The van der Waals surface area contributed by atoms with Crippen LogP contribution in [0.5, 0.6) is 0 Å². The van der Waals surface area contributed by atoms with Gasteiger partial charge < -0.3 is 4.74 Å². The maximum Gasteiger partial charge on any atom is 0.412 e. The van der Waals surface area contributed by atoms with Gasteiger partial charge in [-0.1, -0.05) is 17.8 Å². The van der Waals surface area contributed by atoms with E-state index in [-0.39, 0.29) is 5.69 Å². The van der Waals surface area contributed by atoms with Crippen molar-refractivity contribution >= 4 is 40.6 Å². The Kier molecular flexibility index (Phi) is 5.27. The van der Waals surface area contributed by atoms with E-state index in [1.807, 2.05) is 17.5 Å². The molecule has 0 unspecified atom stereocenters. The Hall–Kier alpha value is -2.06. The maximum absolute atomic E-state index is 12.0. The van der Waals surface area contributed by atoms with Crippen LogP contribution in [-0.2, 0) is 4.74 Å². The first-order valence-electron chi connectivity index (χ1n) is 6.74. The van der Waals surface area contributed by atoms with E-state index >= 15 is 0 Å². The number of amides is 1. The lowest BCUT2D eigenvalue weighted by molar-refractivity contribution is -0.384. The number of non-ortho nitro benzene ring substituents is 1. The molecule has 6 nitrogen and oxygen atoms in total. The minimum atomic E-state index is -0.647. The average molecular weight is 352 g/mol. The van der Waals surface area contributed by atoms with Gasteiger partial charge in [-0.3, -0.25) is 15.4 Å². The Balaban J connectivity index is 2.27. The maximum atomic E-state index is 12.0. The number of ether oxygens (including phenoxy) is 1.